The normalized spacial score (nSPS) is 14.5. The second kappa shape index (κ2) is 6.49. The van der Waals surface area contributed by atoms with Gasteiger partial charge in [-0.2, -0.15) is 13.2 Å². The van der Waals surface area contributed by atoms with Crippen molar-refractivity contribution in [2.24, 2.45) is 5.92 Å². The average Bonchev–Trinajstić information content (AvgIpc) is 2.03. The Balaban J connectivity index is 3.34. The number of alkyl halides is 4. The van der Waals surface area contributed by atoms with E-state index in [1.165, 1.54) is 0 Å². The summed E-state index contributed by atoms with van der Waals surface area (Å²) < 4.78 is 39.2. The summed E-state index contributed by atoms with van der Waals surface area (Å²) in [7, 11) is 0. The third-order valence-corrected chi connectivity index (χ3v) is 2.17. The summed E-state index contributed by atoms with van der Waals surface area (Å²) in [6.07, 6.45) is -2.75. The standard InChI is InChI=1S/C8H14ClF3O/c1-2-7(5-9)3-4-13-6-8(10,11)12/h7H,2-6H2,1H3. The van der Waals surface area contributed by atoms with Gasteiger partial charge in [-0.3, -0.25) is 0 Å². The first-order chi connectivity index (χ1) is 5.99. The molecule has 1 unspecified atom stereocenters. The van der Waals surface area contributed by atoms with Gasteiger partial charge in [0.25, 0.3) is 0 Å². The average molecular weight is 219 g/mol. The van der Waals surface area contributed by atoms with E-state index in [4.69, 9.17) is 11.6 Å². The molecule has 80 valence electrons. The van der Waals surface area contributed by atoms with E-state index >= 15 is 0 Å². The van der Waals surface area contributed by atoms with Crippen LogP contribution in [0.1, 0.15) is 19.8 Å². The fourth-order valence-corrected chi connectivity index (χ4v) is 1.20. The van der Waals surface area contributed by atoms with Crippen molar-refractivity contribution in [1.82, 2.24) is 0 Å². The van der Waals surface area contributed by atoms with Crippen LogP contribution < -0.4 is 0 Å². The fourth-order valence-electron chi connectivity index (χ4n) is 0.828. The molecule has 0 N–H and O–H groups in total. The largest absolute Gasteiger partial charge is 0.411 e. The van der Waals surface area contributed by atoms with Crippen LogP contribution in [0.25, 0.3) is 0 Å². The van der Waals surface area contributed by atoms with Crippen LogP contribution in [-0.4, -0.2) is 25.3 Å². The van der Waals surface area contributed by atoms with Gasteiger partial charge >= 0.3 is 6.18 Å². The van der Waals surface area contributed by atoms with Gasteiger partial charge in [0.2, 0.25) is 0 Å². The fraction of sp³-hybridized carbons (Fsp3) is 1.00. The maximum absolute atomic E-state index is 11.6. The third kappa shape index (κ3) is 8.37. The molecule has 0 aromatic carbocycles. The Morgan fingerprint density at radius 3 is 2.38 bits per heavy atom. The van der Waals surface area contributed by atoms with E-state index in [-0.39, 0.29) is 12.5 Å². The van der Waals surface area contributed by atoms with E-state index in [0.29, 0.717) is 12.3 Å². The maximum Gasteiger partial charge on any atom is 0.411 e. The van der Waals surface area contributed by atoms with Crippen LogP contribution in [0.5, 0.6) is 0 Å². The molecule has 0 amide bonds. The van der Waals surface area contributed by atoms with Gasteiger partial charge in [0.15, 0.2) is 0 Å². The number of hydrogen-bond acceptors (Lipinski definition) is 1. The Morgan fingerprint density at radius 2 is 2.00 bits per heavy atom. The lowest BCUT2D eigenvalue weighted by Gasteiger charge is -2.12. The highest BCUT2D eigenvalue weighted by molar-refractivity contribution is 6.18. The predicted octanol–water partition coefficient (Wildman–Crippen LogP) is 3.22. The third-order valence-electron chi connectivity index (χ3n) is 1.73. The van der Waals surface area contributed by atoms with Crippen LogP contribution in [-0.2, 0) is 4.74 Å². The van der Waals surface area contributed by atoms with Crippen LogP contribution >= 0.6 is 11.6 Å². The Hall–Kier alpha value is 0.0400. The number of ether oxygens (including phenoxy) is 1. The molecule has 1 nitrogen and oxygen atoms in total. The van der Waals surface area contributed by atoms with Crippen LogP contribution in [0, 0.1) is 5.92 Å². The molecular weight excluding hydrogens is 205 g/mol. The van der Waals surface area contributed by atoms with Crippen molar-refractivity contribution in [2.75, 3.05) is 19.1 Å². The molecule has 0 aliphatic carbocycles. The molecule has 0 saturated carbocycles. The molecule has 0 saturated heterocycles. The molecule has 0 aromatic rings. The summed E-state index contributed by atoms with van der Waals surface area (Å²) in [6, 6.07) is 0. The molecule has 0 radical (unpaired) electrons. The van der Waals surface area contributed by atoms with Crippen LogP contribution in [0.15, 0.2) is 0 Å². The molecule has 0 heterocycles. The van der Waals surface area contributed by atoms with E-state index in [9.17, 15) is 13.2 Å². The lowest BCUT2D eigenvalue weighted by molar-refractivity contribution is -0.174. The second-order valence-electron chi connectivity index (χ2n) is 2.89. The van der Waals surface area contributed by atoms with Crippen molar-refractivity contribution < 1.29 is 17.9 Å². The first kappa shape index (κ1) is 13.0. The Kier molecular flexibility index (Phi) is 6.51. The lowest BCUT2D eigenvalue weighted by atomic mass is 10.1. The van der Waals surface area contributed by atoms with Crippen LogP contribution in [0.4, 0.5) is 13.2 Å². The smallest absolute Gasteiger partial charge is 0.372 e. The molecule has 0 fully saturated rings. The lowest BCUT2D eigenvalue weighted by Crippen LogP contribution is -2.18. The highest BCUT2D eigenvalue weighted by atomic mass is 35.5. The summed E-state index contributed by atoms with van der Waals surface area (Å²) >= 11 is 5.56. The van der Waals surface area contributed by atoms with Gasteiger partial charge in [-0.05, 0) is 12.3 Å². The molecule has 0 rings (SSSR count). The van der Waals surface area contributed by atoms with Gasteiger partial charge in [-0.15, -0.1) is 11.6 Å². The van der Waals surface area contributed by atoms with Gasteiger partial charge < -0.3 is 4.74 Å². The van der Waals surface area contributed by atoms with Gasteiger partial charge in [0.1, 0.15) is 6.61 Å². The van der Waals surface area contributed by atoms with Gasteiger partial charge in [0, 0.05) is 12.5 Å². The van der Waals surface area contributed by atoms with Crippen LogP contribution in [0.3, 0.4) is 0 Å². The first-order valence-electron chi connectivity index (χ1n) is 4.20. The first-order valence-corrected chi connectivity index (χ1v) is 4.73. The minimum absolute atomic E-state index is 0.130. The SMILES string of the molecule is CCC(CCl)CCOCC(F)(F)F. The van der Waals surface area contributed by atoms with E-state index in [1.54, 1.807) is 0 Å². The minimum atomic E-state index is -4.22. The van der Waals surface area contributed by atoms with Gasteiger partial charge in [-0.25, -0.2) is 0 Å². The van der Waals surface area contributed by atoms with Crippen molar-refractivity contribution in [2.45, 2.75) is 25.9 Å². The molecule has 1 atom stereocenters. The monoisotopic (exact) mass is 218 g/mol. The molecule has 5 heteroatoms. The van der Waals surface area contributed by atoms with Crippen molar-refractivity contribution in [3.8, 4) is 0 Å². The summed E-state index contributed by atoms with van der Waals surface area (Å²) in [5.74, 6) is 0.737. The van der Waals surface area contributed by atoms with Gasteiger partial charge in [0.05, 0.1) is 0 Å². The maximum atomic E-state index is 11.6. The zero-order chi connectivity index (χ0) is 10.3. The summed E-state index contributed by atoms with van der Waals surface area (Å²) in [4.78, 5) is 0. The van der Waals surface area contributed by atoms with Crippen molar-refractivity contribution in [3.63, 3.8) is 0 Å². The molecule has 0 aliphatic heterocycles. The Labute approximate surface area is 81.2 Å². The molecule has 0 aliphatic rings. The molecule has 13 heavy (non-hydrogen) atoms. The van der Waals surface area contributed by atoms with E-state index in [1.807, 2.05) is 6.92 Å². The Bertz CT molecular complexity index is 123. The van der Waals surface area contributed by atoms with Crippen molar-refractivity contribution in [1.29, 1.82) is 0 Å². The molecule has 0 aromatic heterocycles. The summed E-state index contributed by atoms with van der Waals surface area (Å²) in [5.41, 5.74) is 0. The summed E-state index contributed by atoms with van der Waals surface area (Å²) in [5, 5.41) is 0. The second-order valence-corrected chi connectivity index (χ2v) is 3.19. The van der Waals surface area contributed by atoms with Crippen LogP contribution in [0.2, 0.25) is 0 Å². The van der Waals surface area contributed by atoms with E-state index in [2.05, 4.69) is 4.74 Å². The predicted molar refractivity (Wildman–Crippen MR) is 46.0 cm³/mol. The quantitative estimate of drug-likeness (QED) is 0.491. The number of rotatable bonds is 6. The number of hydrogen-bond donors (Lipinski definition) is 0. The van der Waals surface area contributed by atoms with Crippen molar-refractivity contribution >= 4 is 11.6 Å². The zero-order valence-corrected chi connectivity index (χ0v) is 8.29. The van der Waals surface area contributed by atoms with E-state index in [0.717, 1.165) is 6.42 Å². The highest BCUT2D eigenvalue weighted by Crippen LogP contribution is 2.15. The van der Waals surface area contributed by atoms with Gasteiger partial charge in [-0.1, -0.05) is 13.3 Å². The molecular formula is C8H14ClF3O. The molecule has 0 bridgehead atoms. The zero-order valence-electron chi connectivity index (χ0n) is 7.53. The summed E-state index contributed by atoms with van der Waals surface area (Å²) in [6.45, 7) is 0.924. The number of halogens is 4. The van der Waals surface area contributed by atoms with Crippen molar-refractivity contribution in [3.05, 3.63) is 0 Å². The highest BCUT2D eigenvalue weighted by Gasteiger charge is 2.27. The minimum Gasteiger partial charge on any atom is -0.372 e. The van der Waals surface area contributed by atoms with E-state index < -0.39 is 12.8 Å². The topological polar surface area (TPSA) is 9.23 Å². The Morgan fingerprint density at radius 1 is 1.38 bits per heavy atom. The molecule has 0 spiro atoms.